The van der Waals surface area contributed by atoms with E-state index in [9.17, 15) is 9.59 Å². The van der Waals surface area contributed by atoms with Gasteiger partial charge in [0.2, 0.25) is 5.91 Å². The molecule has 0 aromatic heterocycles. The second kappa shape index (κ2) is 6.09. The molecule has 1 unspecified atom stereocenters. The number of carbonyl (C=O) groups is 2. The third-order valence-electron chi connectivity index (χ3n) is 4.69. The standard InChI is InChI=1S/C20H19N3O2/c1-13(24)23-11-17-19(18(25)12-23)20(14-7-3-2-4-8-14)22-16-10-6-5-9-15(16)21-17/h2-10,20-22H,11-12H2,1H3. The Morgan fingerprint density at radius 2 is 1.68 bits per heavy atom. The van der Waals surface area contributed by atoms with Crippen molar-refractivity contribution in [1.82, 2.24) is 4.90 Å². The number of hydrogen-bond acceptors (Lipinski definition) is 4. The second-order valence-electron chi connectivity index (χ2n) is 6.35. The molecular formula is C20H19N3O2. The van der Waals surface area contributed by atoms with Crippen molar-refractivity contribution in [2.24, 2.45) is 0 Å². The molecule has 25 heavy (non-hydrogen) atoms. The number of amides is 1. The van der Waals surface area contributed by atoms with Gasteiger partial charge in [0.1, 0.15) is 0 Å². The van der Waals surface area contributed by atoms with Crippen molar-refractivity contribution in [2.75, 3.05) is 23.7 Å². The predicted octanol–water partition coefficient (Wildman–Crippen LogP) is 2.95. The summed E-state index contributed by atoms with van der Waals surface area (Å²) in [7, 11) is 0. The number of fused-ring (bicyclic) bond motifs is 1. The average molecular weight is 333 g/mol. The van der Waals surface area contributed by atoms with Gasteiger partial charge in [-0.1, -0.05) is 42.5 Å². The topological polar surface area (TPSA) is 61.4 Å². The highest BCUT2D eigenvalue weighted by molar-refractivity contribution is 6.03. The van der Waals surface area contributed by atoms with E-state index in [2.05, 4.69) is 10.6 Å². The molecule has 2 heterocycles. The molecule has 4 rings (SSSR count). The number of hydrogen-bond donors (Lipinski definition) is 2. The quantitative estimate of drug-likeness (QED) is 0.842. The Bertz CT molecular complexity index is 874. The maximum atomic E-state index is 12.9. The van der Waals surface area contributed by atoms with Crippen molar-refractivity contribution >= 4 is 23.1 Å². The van der Waals surface area contributed by atoms with Crippen molar-refractivity contribution in [3.05, 3.63) is 71.4 Å². The summed E-state index contributed by atoms with van der Waals surface area (Å²) in [5.41, 5.74) is 4.37. The van der Waals surface area contributed by atoms with Crippen LogP contribution < -0.4 is 10.6 Å². The van der Waals surface area contributed by atoms with Crippen LogP contribution in [0.1, 0.15) is 18.5 Å². The molecule has 0 saturated carbocycles. The molecule has 0 aliphatic carbocycles. The Balaban J connectivity index is 1.86. The molecular weight excluding hydrogens is 314 g/mol. The van der Waals surface area contributed by atoms with E-state index >= 15 is 0 Å². The van der Waals surface area contributed by atoms with Crippen LogP contribution in [0.2, 0.25) is 0 Å². The molecule has 1 atom stereocenters. The summed E-state index contributed by atoms with van der Waals surface area (Å²) < 4.78 is 0. The van der Waals surface area contributed by atoms with Gasteiger partial charge in [-0.3, -0.25) is 9.59 Å². The van der Waals surface area contributed by atoms with Crippen LogP contribution in [-0.4, -0.2) is 29.7 Å². The summed E-state index contributed by atoms with van der Waals surface area (Å²) >= 11 is 0. The van der Waals surface area contributed by atoms with E-state index in [1.807, 2.05) is 54.6 Å². The van der Waals surface area contributed by atoms with Gasteiger partial charge in [0.25, 0.3) is 0 Å². The molecule has 2 N–H and O–H groups in total. The van der Waals surface area contributed by atoms with E-state index in [0.29, 0.717) is 12.1 Å². The predicted molar refractivity (Wildman–Crippen MR) is 97.2 cm³/mol. The largest absolute Gasteiger partial charge is 0.372 e. The van der Waals surface area contributed by atoms with Crippen LogP contribution in [0.3, 0.4) is 0 Å². The molecule has 0 bridgehead atoms. The zero-order valence-corrected chi connectivity index (χ0v) is 14.0. The lowest BCUT2D eigenvalue weighted by molar-refractivity contribution is -0.132. The number of Topliss-reactive ketones (excluding diaryl/α,β-unsaturated/α-hetero) is 1. The van der Waals surface area contributed by atoms with Crippen LogP contribution >= 0.6 is 0 Å². The summed E-state index contributed by atoms with van der Waals surface area (Å²) in [6, 6.07) is 17.6. The number of ketones is 1. The lowest BCUT2D eigenvalue weighted by Crippen LogP contribution is -2.43. The van der Waals surface area contributed by atoms with Gasteiger partial charge in [-0.05, 0) is 17.7 Å². The first-order chi connectivity index (χ1) is 12.1. The fraction of sp³-hybridized carbons (Fsp3) is 0.200. The molecule has 1 amide bonds. The van der Waals surface area contributed by atoms with Crippen molar-refractivity contribution in [3.63, 3.8) is 0 Å². The lowest BCUT2D eigenvalue weighted by atomic mass is 9.91. The molecule has 0 radical (unpaired) electrons. The summed E-state index contributed by atoms with van der Waals surface area (Å²) in [5.74, 6) is -0.124. The summed E-state index contributed by atoms with van der Waals surface area (Å²) in [4.78, 5) is 26.3. The SMILES string of the molecule is CC(=O)N1CC(=O)C2=C(C1)Nc1ccccc1NC2c1ccccc1. The van der Waals surface area contributed by atoms with E-state index in [0.717, 1.165) is 22.6 Å². The van der Waals surface area contributed by atoms with Gasteiger partial charge in [0.05, 0.1) is 30.5 Å². The minimum absolute atomic E-state index is 0.0295. The minimum Gasteiger partial charge on any atom is -0.372 e. The number of nitrogens with one attached hydrogen (secondary N) is 2. The molecule has 5 nitrogen and oxygen atoms in total. The smallest absolute Gasteiger partial charge is 0.220 e. The maximum absolute atomic E-state index is 12.9. The van der Waals surface area contributed by atoms with Gasteiger partial charge < -0.3 is 15.5 Å². The highest BCUT2D eigenvalue weighted by Crippen LogP contribution is 2.38. The van der Waals surface area contributed by atoms with Crippen LogP contribution in [-0.2, 0) is 9.59 Å². The lowest BCUT2D eigenvalue weighted by Gasteiger charge is -2.31. The summed E-state index contributed by atoms with van der Waals surface area (Å²) in [6.45, 7) is 2.03. The number of para-hydroxylation sites is 2. The maximum Gasteiger partial charge on any atom is 0.220 e. The van der Waals surface area contributed by atoms with Gasteiger partial charge >= 0.3 is 0 Å². The third-order valence-corrected chi connectivity index (χ3v) is 4.69. The Morgan fingerprint density at radius 1 is 1.00 bits per heavy atom. The van der Waals surface area contributed by atoms with Crippen molar-refractivity contribution in [3.8, 4) is 0 Å². The molecule has 0 fully saturated rings. The first-order valence-corrected chi connectivity index (χ1v) is 8.33. The third kappa shape index (κ3) is 2.78. The first-order valence-electron chi connectivity index (χ1n) is 8.33. The van der Waals surface area contributed by atoms with E-state index in [4.69, 9.17) is 0 Å². The van der Waals surface area contributed by atoms with Crippen molar-refractivity contribution in [1.29, 1.82) is 0 Å². The van der Waals surface area contributed by atoms with Crippen molar-refractivity contribution in [2.45, 2.75) is 13.0 Å². The van der Waals surface area contributed by atoms with Gasteiger partial charge in [-0.2, -0.15) is 0 Å². The van der Waals surface area contributed by atoms with Crippen LogP contribution in [0.5, 0.6) is 0 Å². The molecule has 0 spiro atoms. The minimum atomic E-state index is -0.242. The molecule has 2 aliphatic heterocycles. The van der Waals surface area contributed by atoms with E-state index in [-0.39, 0.29) is 24.3 Å². The summed E-state index contributed by atoms with van der Waals surface area (Å²) in [5, 5.41) is 6.88. The normalized spacial score (nSPS) is 19.3. The Kier molecular flexibility index (Phi) is 3.76. The van der Waals surface area contributed by atoms with Crippen LogP contribution in [0.4, 0.5) is 11.4 Å². The Morgan fingerprint density at radius 3 is 2.40 bits per heavy atom. The van der Waals surface area contributed by atoms with E-state index < -0.39 is 0 Å². The number of nitrogens with zero attached hydrogens (tertiary/aromatic N) is 1. The van der Waals surface area contributed by atoms with Crippen molar-refractivity contribution < 1.29 is 9.59 Å². The van der Waals surface area contributed by atoms with Gasteiger partial charge in [-0.15, -0.1) is 0 Å². The van der Waals surface area contributed by atoms with Crippen LogP contribution in [0, 0.1) is 0 Å². The molecule has 0 saturated heterocycles. The Labute approximate surface area is 146 Å². The highest BCUT2D eigenvalue weighted by atomic mass is 16.2. The van der Waals surface area contributed by atoms with Crippen LogP contribution in [0.15, 0.2) is 65.9 Å². The monoisotopic (exact) mass is 333 g/mol. The first kappa shape index (κ1) is 15.4. The average Bonchev–Trinajstić information content (AvgIpc) is 2.79. The van der Waals surface area contributed by atoms with Gasteiger partial charge in [0, 0.05) is 18.2 Å². The number of benzene rings is 2. The number of rotatable bonds is 1. The fourth-order valence-corrected chi connectivity index (χ4v) is 3.43. The van der Waals surface area contributed by atoms with Gasteiger partial charge in [-0.25, -0.2) is 0 Å². The molecule has 2 aromatic rings. The van der Waals surface area contributed by atoms with E-state index in [1.54, 1.807) is 4.90 Å². The second-order valence-corrected chi connectivity index (χ2v) is 6.35. The fourth-order valence-electron chi connectivity index (χ4n) is 3.43. The highest BCUT2D eigenvalue weighted by Gasteiger charge is 2.35. The molecule has 2 aliphatic rings. The van der Waals surface area contributed by atoms with Crippen LogP contribution in [0.25, 0.3) is 0 Å². The Hall–Kier alpha value is -3.08. The number of anilines is 2. The molecule has 5 heteroatoms. The van der Waals surface area contributed by atoms with Gasteiger partial charge in [0.15, 0.2) is 5.78 Å². The zero-order valence-electron chi connectivity index (χ0n) is 14.0. The molecule has 2 aromatic carbocycles. The molecule has 126 valence electrons. The zero-order chi connectivity index (χ0) is 17.4. The summed E-state index contributed by atoms with van der Waals surface area (Å²) in [6.07, 6.45) is 0. The van der Waals surface area contributed by atoms with E-state index in [1.165, 1.54) is 6.92 Å². The number of carbonyl (C=O) groups excluding carboxylic acids is 2.